The van der Waals surface area contributed by atoms with Crippen molar-refractivity contribution in [3.05, 3.63) is 5.89 Å². The minimum atomic E-state index is -0.0230. The van der Waals surface area contributed by atoms with Crippen molar-refractivity contribution in [3.8, 4) is 0 Å². The van der Waals surface area contributed by atoms with Gasteiger partial charge < -0.3 is 9.73 Å². The van der Waals surface area contributed by atoms with Crippen molar-refractivity contribution in [3.63, 3.8) is 0 Å². The zero-order chi connectivity index (χ0) is 10.6. The van der Waals surface area contributed by atoms with Gasteiger partial charge in [0.2, 0.25) is 5.89 Å². The molecule has 1 rings (SSSR count). The lowest BCUT2D eigenvalue weighted by Crippen LogP contribution is -2.30. The highest BCUT2D eigenvalue weighted by molar-refractivity contribution is 6.16. The summed E-state index contributed by atoms with van der Waals surface area (Å²) in [5.74, 6) is 0.699. The van der Waals surface area contributed by atoms with Crippen molar-refractivity contribution >= 4 is 17.6 Å². The number of halogens is 1. The molecule has 0 spiro atoms. The molecule has 0 radical (unpaired) electrons. The standard InChI is InChI=1S/C9H16ClN3O/c1-4-5-9(2,3)11-8-13-12-7(6-10)14-8/h4-6H2,1-3H3,(H,11,13). The van der Waals surface area contributed by atoms with E-state index in [1.165, 1.54) is 0 Å². The molecule has 0 aliphatic carbocycles. The Labute approximate surface area is 89.0 Å². The van der Waals surface area contributed by atoms with Crippen LogP contribution in [0.3, 0.4) is 0 Å². The van der Waals surface area contributed by atoms with Crippen LogP contribution in [0.15, 0.2) is 4.42 Å². The van der Waals surface area contributed by atoms with Crippen LogP contribution in [0.25, 0.3) is 0 Å². The molecule has 0 saturated heterocycles. The summed E-state index contributed by atoms with van der Waals surface area (Å²) in [7, 11) is 0. The summed E-state index contributed by atoms with van der Waals surface area (Å²) < 4.78 is 5.25. The van der Waals surface area contributed by atoms with E-state index in [1.54, 1.807) is 0 Å². The van der Waals surface area contributed by atoms with Gasteiger partial charge >= 0.3 is 6.01 Å². The van der Waals surface area contributed by atoms with Gasteiger partial charge in [0, 0.05) is 5.54 Å². The van der Waals surface area contributed by atoms with Crippen LogP contribution in [-0.4, -0.2) is 15.7 Å². The molecule has 80 valence electrons. The van der Waals surface area contributed by atoms with Crippen LogP contribution < -0.4 is 5.32 Å². The third-order valence-electron chi connectivity index (χ3n) is 1.90. The first kappa shape index (κ1) is 11.3. The Morgan fingerprint density at radius 2 is 2.14 bits per heavy atom. The number of nitrogens with one attached hydrogen (secondary N) is 1. The summed E-state index contributed by atoms with van der Waals surface area (Å²) in [5, 5.41) is 10.8. The van der Waals surface area contributed by atoms with E-state index < -0.39 is 0 Å². The Bertz CT molecular complexity index is 285. The summed E-state index contributed by atoms with van der Waals surface area (Å²) in [6.45, 7) is 6.34. The van der Waals surface area contributed by atoms with Crippen LogP contribution in [-0.2, 0) is 5.88 Å². The molecule has 0 aliphatic heterocycles. The monoisotopic (exact) mass is 217 g/mol. The largest absolute Gasteiger partial charge is 0.407 e. The predicted molar refractivity (Wildman–Crippen MR) is 56.5 cm³/mol. The highest BCUT2D eigenvalue weighted by Gasteiger charge is 2.18. The molecule has 4 nitrogen and oxygen atoms in total. The molecular formula is C9H16ClN3O. The van der Waals surface area contributed by atoms with Crippen molar-refractivity contribution in [2.75, 3.05) is 5.32 Å². The van der Waals surface area contributed by atoms with Gasteiger partial charge in [0.05, 0.1) is 0 Å². The molecule has 0 fully saturated rings. The fourth-order valence-corrected chi connectivity index (χ4v) is 1.44. The van der Waals surface area contributed by atoms with Crippen molar-refractivity contribution in [2.24, 2.45) is 0 Å². The van der Waals surface area contributed by atoms with E-state index in [0.717, 1.165) is 12.8 Å². The van der Waals surface area contributed by atoms with Crippen LogP contribution in [0.1, 0.15) is 39.5 Å². The Hall–Kier alpha value is -0.770. The normalized spacial score (nSPS) is 11.7. The third-order valence-corrected chi connectivity index (χ3v) is 2.13. The number of hydrogen-bond acceptors (Lipinski definition) is 4. The Kier molecular flexibility index (Phi) is 3.75. The van der Waals surface area contributed by atoms with Gasteiger partial charge in [-0.3, -0.25) is 0 Å². The van der Waals surface area contributed by atoms with Gasteiger partial charge in [-0.15, -0.1) is 16.7 Å². The molecule has 0 amide bonds. The Balaban J connectivity index is 2.58. The van der Waals surface area contributed by atoms with Gasteiger partial charge in [0.25, 0.3) is 0 Å². The molecule has 0 atom stereocenters. The average molecular weight is 218 g/mol. The van der Waals surface area contributed by atoms with E-state index in [-0.39, 0.29) is 11.4 Å². The van der Waals surface area contributed by atoms with Gasteiger partial charge in [0.15, 0.2) is 0 Å². The van der Waals surface area contributed by atoms with Crippen LogP contribution >= 0.6 is 11.6 Å². The first-order valence-corrected chi connectivity index (χ1v) is 5.27. The molecule has 1 aromatic heterocycles. The Morgan fingerprint density at radius 3 is 2.64 bits per heavy atom. The van der Waals surface area contributed by atoms with Crippen molar-refractivity contribution in [1.82, 2.24) is 10.2 Å². The highest BCUT2D eigenvalue weighted by atomic mass is 35.5. The second-order valence-corrected chi connectivity index (χ2v) is 4.16. The molecule has 0 saturated carbocycles. The average Bonchev–Trinajstić information content (AvgIpc) is 2.51. The minimum absolute atomic E-state index is 0.0230. The van der Waals surface area contributed by atoms with Gasteiger partial charge in [-0.1, -0.05) is 18.4 Å². The number of hydrogen-bond donors (Lipinski definition) is 1. The first-order chi connectivity index (χ1) is 6.57. The summed E-state index contributed by atoms with van der Waals surface area (Å²) >= 11 is 5.55. The smallest absolute Gasteiger partial charge is 0.315 e. The van der Waals surface area contributed by atoms with E-state index in [0.29, 0.717) is 11.9 Å². The first-order valence-electron chi connectivity index (χ1n) is 4.74. The minimum Gasteiger partial charge on any atom is -0.407 e. The summed E-state index contributed by atoms with van der Waals surface area (Å²) in [4.78, 5) is 0. The van der Waals surface area contributed by atoms with E-state index in [4.69, 9.17) is 16.0 Å². The molecule has 1 heterocycles. The van der Waals surface area contributed by atoms with Crippen LogP contribution in [0.5, 0.6) is 0 Å². The lowest BCUT2D eigenvalue weighted by atomic mass is 9.99. The van der Waals surface area contributed by atoms with Gasteiger partial charge in [-0.05, 0) is 20.3 Å². The van der Waals surface area contributed by atoms with Crippen molar-refractivity contribution < 1.29 is 4.42 Å². The molecule has 0 aliphatic rings. The molecule has 0 bridgehead atoms. The van der Waals surface area contributed by atoms with Crippen LogP contribution in [0.4, 0.5) is 6.01 Å². The van der Waals surface area contributed by atoms with Crippen LogP contribution in [0.2, 0.25) is 0 Å². The maximum Gasteiger partial charge on any atom is 0.315 e. The number of rotatable bonds is 5. The molecule has 1 N–H and O–H groups in total. The predicted octanol–water partition coefficient (Wildman–Crippen LogP) is 2.80. The molecule has 1 aromatic rings. The van der Waals surface area contributed by atoms with Gasteiger partial charge in [0.1, 0.15) is 5.88 Å². The van der Waals surface area contributed by atoms with Gasteiger partial charge in [-0.2, -0.15) is 0 Å². The van der Waals surface area contributed by atoms with Crippen molar-refractivity contribution in [1.29, 1.82) is 0 Å². The van der Waals surface area contributed by atoms with Crippen molar-refractivity contribution in [2.45, 2.75) is 45.0 Å². The number of aromatic nitrogens is 2. The second-order valence-electron chi connectivity index (χ2n) is 3.89. The Morgan fingerprint density at radius 1 is 1.43 bits per heavy atom. The van der Waals surface area contributed by atoms with E-state index >= 15 is 0 Å². The zero-order valence-electron chi connectivity index (χ0n) is 8.80. The van der Waals surface area contributed by atoms with E-state index in [1.807, 2.05) is 0 Å². The molecule has 0 unspecified atom stereocenters. The lowest BCUT2D eigenvalue weighted by molar-refractivity contribution is 0.464. The lowest BCUT2D eigenvalue weighted by Gasteiger charge is -2.23. The maximum absolute atomic E-state index is 5.55. The number of alkyl halides is 1. The second kappa shape index (κ2) is 4.64. The van der Waals surface area contributed by atoms with E-state index in [9.17, 15) is 0 Å². The number of anilines is 1. The quantitative estimate of drug-likeness (QED) is 0.771. The molecule has 5 heteroatoms. The SMILES string of the molecule is CCCC(C)(C)Nc1nnc(CCl)o1. The molecule has 0 aromatic carbocycles. The summed E-state index contributed by atoms with van der Waals surface area (Å²) in [5.41, 5.74) is -0.0230. The highest BCUT2D eigenvalue weighted by Crippen LogP contribution is 2.18. The fraction of sp³-hybridized carbons (Fsp3) is 0.778. The van der Waals surface area contributed by atoms with Crippen LogP contribution in [0, 0.1) is 0 Å². The topological polar surface area (TPSA) is 51.0 Å². The van der Waals surface area contributed by atoms with E-state index in [2.05, 4.69) is 36.3 Å². The number of nitrogens with zero attached hydrogens (tertiary/aromatic N) is 2. The zero-order valence-corrected chi connectivity index (χ0v) is 9.56. The maximum atomic E-state index is 5.55. The fourth-order valence-electron chi connectivity index (χ4n) is 1.34. The van der Waals surface area contributed by atoms with Gasteiger partial charge in [-0.25, -0.2) is 0 Å². The molecular weight excluding hydrogens is 202 g/mol. The molecule has 14 heavy (non-hydrogen) atoms. The summed E-state index contributed by atoms with van der Waals surface area (Å²) in [6.07, 6.45) is 2.15. The summed E-state index contributed by atoms with van der Waals surface area (Å²) in [6, 6.07) is 0.444. The third kappa shape index (κ3) is 3.18.